The molecule has 0 unspecified atom stereocenters. The molecule has 6 nitrogen and oxygen atoms in total. The maximum absolute atomic E-state index is 12.0. The van der Waals surface area contributed by atoms with Crippen molar-refractivity contribution in [2.75, 3.05) is 17.7 Å². The van der Waals surface area contributed by atoms with E-state index in [9.17, 15) is 9.59 Å². The number of benzene rings is 1. The topological polar surface area (TPSA) is 80.3 Å². The number of methoxy groups -OCH3 is 1. The highest BCUT2D eigenvalue weighted by atomic mass is 35.5. The molecule has 0 atom stereocenters. The maximum atomic E-state index is 12.0. The van der Waals surface area contributed by atoms with Gasteiger partial charge >= 0.3 is 6.09 Å². The Morgan fingerprint density at radius 1 is 1.10 bits per heavy atom. The Kier molecular flexibility index (Phi) is 4.73. The summed E-state index contributed by atoms with van der Waals surface area (Å²) >= 11 is 5.73. The molecular formula is C14H12ClN3O3. The van der Waals surface area contributed by atoms with E-state index < -0.39 is 6.09 Å². The zero-order valence-corrected chi connectivity index (χ0v) is 11.8. The van der Waals surface area contributed by atoms with Crippen LogP contribution in [-0.4, -0.2) is 24.1 Å². The van der Waals surface area contributed by atoms with Crippen molar-refractivity contribution in [3.8, 4) is 0 Å². The second-order valence-corrected chi connectivity index (χ2v) is 4.40. The van der Waals surface area contributed by atoms with Gasteiger partial charge in [-0.1, -0.05) is 11.6 Å². The van der Waals surface area contributed by atoms with Crippen molar-refractivity contribution < 1.29 is 14.3 Å². The van der Waals surface area contributed by atoms with Crippen molar-refractivity contribution in [1.29, 1.82) is 0 Å². The zero-order valence-electron chi connectivity index (χ0n) is 11.1. The lowest BCUT2D eigenvalue weighted by Gasteiger charge is -2.07. The molecule has 1 aromatic carbocycles. The molecule has 0 aliphatic heterocycles. The Hall–Kier alpha value is -2.60. The van der Waals surface area contributed by atoms with Crippen molar-refractivity contribution in [3.05, 3.63) is 53.3 Å². The fourth-order valence-electron chi connectivity index (χ4n) is 1.55. The molecule has 108 valence electrons. The van der Waals surface area contributed by atoms with E-state index in [1.165, 1.54) is 19.4 Å². The predicted octanol–water partition coefficient (Wildman–Crippen LogP) is 3.17. The van der Waals surface area contributed by atoms with Crippen molar-refractivity contribution in [1.82, 2.24) is 4.98 Å². The molecule has 7 heteroatoms. The Bertz CT molecular complexity index is 659. The van der Waals surface area contributed by atoms with Gasteiger partial charge in [-0.05, 0) is 36.4 Å². The van der Waals surface area contributed by atoms with Crippen LogP contribution in [0.2, 0.25) is 5.15 Å². The lowest BCUT2D eigenvalue weighted by atomic mass is 10.2. The molecule has 0 radical (unpaired) electrons. The van der Waals surface area contributed by atoms with E-state index in [2.05, 4.69) is 20.4 Å². The van der Waals surface area contributed by atoms with Crippen LogP contribution in [0.4, 0.5) is 16.2 Å². The van der Waals surface area contributed by atoms with Gasteiger partial charge in [0.2, 0.25) is 0 Å². The molecule has 2 amide bonds. The van der Waals surface area contributed by atoms with E-state index in [0.717, 1.165) is 0 Å². The molecule has 2 N–H and O–H groups in total. The van der Waals surface area contributed by atoms with E-state index in [1.54, 1.807) is 30.3 Å². The van der Waals surface area contributed by atoms with Crippen molar-refractivity contribution in [2.24, 2.45) is 0 Å². The molecule has 0 aliphatic rings. The molecule has 2 aromatic rings. The van der Waals surface area contributed by atoms with Crippen LogP contribution < -0.4 is 10.6 Å². The van der Waals surface area contributed by atoms with Gasteiger partial charge in [0.05, 0.1) is 7.11 Å². The molecule has 0 fully saturated rings. The Labute approximate surface area is 126 Å². The van der Waals surface area contributed by atoms with Gasteiger partial charge in [0.1, 0.15) is 5.15 Å². The number of hydrogen-bond acceptors (Lipinski definition) is 4. The minimum atomic E-state index is -0.557. The second kappa shape index (κ2) is 6.71. The monoisotopic (exact) mass is 305 g/mol. The quantitative estimate of drug-likeness (QED) is 0.854. The molecule has 0 bridgehead atoms. The molecule has 1 aromatic heterocycles. The first-order valence-electron chi connectivity index (χ1n) is 5.96. The number of hydrogen-bond donors (Lipinski definition) is 2. The number of halogens is 1. The van der Waals surface area contributed by atoms with Crippen LogP contribution in [0.5, 0.6) is 0 Å². The largest absolute Gasteiger partial charge is 0.453 e. The first-order chi connectivity index (χ1) is 10.1. The number of amides is 2. The summed E-state index contributed by atoms with van der Waals surface area (Å²) in [6.07, 6.45) is 0.902. The molecule has 2 rings (SSSR count). The Balaban J connectivity index is 2.03. The number of rotatable bonds is 3. The molecule has 0 saturated heterocycles. The minimum Gasteiger partial charge on any atom is -0.453 e. The first-order valence-corrected chi connectivity index (χ1v) is 6.34. The lowest BCUT2D eigenvalue weighted by Crippen LogP contribution is -2.13. The van der Waals surface area contributed by atoms with E-state index in [-0.39, 0.29) is 11.1 Å². The number of anilines is 2. The highest BCUT2D eigenvalue weighted by molar-refractivity contribution is 6.29. The lowest BCUT2D eigenvalue weighted by molar-refractivity contribution is 0.102. The fraction of sp³-hybridized carbons (Fsp3) is 0.0714. The summed E-state index contributed by atoms with van der Waals surface area (Å²) in [5, 5.41) is 5.47. The number of carbonyl (C=O) groups excluding carboxylic acids is 2. The van der Waals surface area contributed by atoms with Crippen LogP contribution >= 0.6 is 11.6 Å². The summed E-state index contributed by atoms with van der Waals surface area (Å²) in [6.45, 7) is 0. The van der Waals surface area contributed by atoms with Crippen LogP contribution in [0.15, 0.2) is 42.6 Å². The summed E-state index contributed by atoms with van der Waals surface area (Å²) in [5.41, 5.74) is 1.56. The fourth-order valence-corrected chi connectivity index (χ4v) is 1.73. The first kappa shape index (κ1) is 14.8. The number of nitrogens with one attached hydrogen (secondary N) is 2. The van der Waals surface area contributed by atoms with Gasteiger partial charge < -0.3 is 10.1 Å². The van der Waals surface area contributed by atoms with E-state index in [1.807, 2.05) is 0 Å². The minimum absolute atomic E-state index is 0.250. The summed E-state index contributed by atoms with van der Waals surface area (Å²) in [6, 6.07) is 9.65. The van der Waals surface area contributed by atoms with Crippen molar-refractivity contribution >= 4 is 35.0 Å². The standard InChI is InChI=1S/C14H12ClN3O3/c1-21-14(20)18-11-4-2-10(3-5-11)17-13(19)9-6-7-16-12(15)8-9/h2-8H,1H3,(H,17,19)(H,18,20). The molecular weight excluding hydrogens is 294 g/mol. The van der Waals surface area contributed by atoms with Crippen LogP contribution in [-0.2, 0) is 4.74 Å². The third-order valence-electron chi connectivity index (χ3n) is 2.56. The summed E-state index contributed by atoms with van der Waals surface area (Å²) < 4.78 is 4.48. The van der Waals surface area contributed by atoms with E-state index in [0.29, 0.717) is 16.9 Å². The molecule has 0 saturated carbocycles. The average Bonchev–Trinajstić information content (AvgIpc) is 2.49. The van der Waals surface area contributed by atoms with Gasteiger partial charge in [-0.2, -0.15) is 0 Å². The molecule has 21 heavy (non-hydrogen) atoms. The van der Waals surface area contributed by atoms with Gasteiger partial charge in [0, 0.05) is 23.1 Å². The van der Waals surface area contributed by atoms with E-state index in [4.69, 9.17) is 11.6 Å². The summed E-state index contributed by atoms with van der Waals surface area (Å²) in [4.78, 5) is 26.8. The second-order valence-electron chi connectivity index (χ2n) is 4.02. The summed E-state index contributed by atoms with van der Waals surface area (Å²) in [5.74, 6) is -0.298. The van der Waals surface area contributed by atoms with Crippen molar-refractivity contribution in [3.63, 3.8) is 0 Å². The van der Waals surface area contributed by atoms with Crippen LogP contribution in [0, 0.1) is 0 Å². The van der Waals surface area contributed by atoms with Gasteiger partial charge in [-0.25, -0.2) is 9.78 Å². The smallest absolute Gasteiger partial charge is 0.411 e. The van der Waals surface area contributed by atoms with E-state index >= 15 is 0 Å². The number of carbonyl (C=O) groups is 2. The SMILES string of the molecule is COC(=O)Nc1ccc(NC(=O)c2ccnc(Cl)c2)cc1. The normalized spacial score (nSPS) is 9.81. The van der Waals surface area contributed by atoms with Crippen LogP contribution in [0.3, 0.4) is 0 Å². The number of ether oxygens (including phenoxy) is 1. The summed E-state index contributed by atoms with van der Waals surface area (Å²) in [7, 11) is 1.28. The number of pyridine rings is 1. The number of aromatic nitrogens is 1. The maximum Gasteiger partial charge on any atom is 0.411 e. The van der Waals surface area contributed by atoms with Gasteiger partial charge in [-0.3, -0.25) is 10.1 Å². The zero-order chi connectivity index (χ0) is 15.2. The van der Waals surface area contributed by atoms with Gasteiger partial charge in [0.25, 0.3) is 5.91 Å². The highest BCUT2D eigenvalue weighted by Gasteiger charge is 2.07. The Morgan fingerprint density at radius 2 is 1.71 bits per heavy atom. The number of nitrogens with zero attached hydrogens (tertiary/aromatic N) is 1. The molecule has 1 heterocycles. The van der Waals surface area contributed by atoms with Crippen LogP contribution in [0.25, 0.3) is 0 Å². The predicted molar refractivity (Wildman–Crippen MR) is 79.7 cm³/mol. The van der Waals surface area contributed by atoms with Gasteiger partial charge in [0.15, 0.2) is 0 Å². The average molecular weight is 306 g/mol. The van der Waals surface area contributed by atoms with Gasteiger partial charge in [-0.15, -0.1) is 0 Å². The van der Waals surface area contributed by atoms with Crippen molar-refractivity contribution in [2.45, 2.75) is 0 Å². The molecule has 0 spiro atoms. The molecule has 0 aliphatic carbocycles. The van der Waals surface area contributed by atoms with Crippen LogP contribution in [0.1, 0.15) is 10.4 Å². The third kappa shape index (κ3) is 4.19. The Morgan fingerprint density at radius 3 is 2.29 bits per heavy atom. The third-order valence-corrected chi connectivity index (χ3v) is 2.77. The highest BCUT2D eigenvalue weighted by Crippen LogP contribution is 2.15.